The van der Waals surface area contributed by atoms with Crippen LogP contribution in [-0.2, 0) is 7.05 Å². The molecule has 1 heterocycles. The van der Waals surface area contributed by atoms with Crippen molar-refractivity contribution in [2.75, 3.05) is 5.32 Å². The third-order valence-corrected chi connectivity index (χ3v) is 4.84. The first kappa shape index (κ1) is 19.2. The number of imidazole rings is 1. The van der Waals surface area contributed by atoms with E-state index in [0.29, 0.717) is 16.7 Å². The summed E-state index contributed by atoms with van der Waals surface area (Å²) in [6.45, 7) is 0. The molecule has 3 aromatic carbocycles. The van der Waals surface area contributed by atoms with Crippen LogP contribution < -0.4 is 10.6 Å². The van der Waals surface area contributed by atoms with Crippen molar-refractivity contribution >= 4 is 28.7 Å². The van der Waals surface area contributed by atoms with Crippen LogP contribution in [0.3, 0.4) is 0 Å². The van der Waals surface area contributed by atoms with E-state index < -0.39 is 12.0 Å². The molecular formula is C23H20N4O3. The number of fused-ring (bicyclic) bond motifs is 1. The molecule has 0 atom stereocenters. The highest BCUT2D eigenvalue weighted by molar-refractivity contribution is 6.04. The average molecular weight is 400 g/mol. The molecule has 30 heavy (non-hydrogen) atoms. The Balaban J connectivity index is 1.62. The molecule has 0 bridgehead atoms. The van der Waals surface area contributed by atoms with Gasteiger partial charge in [0.25, 0.3) is 0 Å². The fourth-order valence-electron chi connectivity index (χ4n) is 3.48. The lowest BCUT2D eigenvalue weighted by atomic mass is 9.99. The van der Waals surface area contributed by atoms with Gasteiger partial charge in [-0.2, -0.15) is 0 Å². The second kappa shape index (κ2) is 8.08. The van der Waals surface area contributed by atoms with Gasteiger partial charge in [0, 0.05) is 12.7 Å². The van der Waals surface area contributed by atoms with Gasteiger partial charge < -0.3 is 20.3 Å². The summed E-state index contributed by atoms with van der Waals surface area (Å²) >= 11 is 0. The molecule has 3 N–H and O–H groups in total. The molecule has 0 radical (unpaired) electrons. The largest absolute Gasteiger partial charge is 0.478 e. The second-order valence-corrected chi connectivity index (χ2v) is 6.91. The smallest absolute Gasteiger partial charge is 0.337 e. The molecule has 0 aliphatic heterocycles. The van der Waals surface area contributed by atoms with E-state index in [1.807, 2.05) is 60.7 Å². The maximum Gasteiger partial charge on any atom is 0.337 e. The van der Waals surface area contributed by atoms with Crippen LogP contribution in [0, 0.1) is 0 Å². The summed E-state index contributed by atoms with van der Waals surface area (Å²) in [6.07, 6.45) is 1.54. The number of aromatic nitrogens is 2. The van der Waals surface area contributed by atoms with E-state index in [4.69, 9.17) is 0 Å². The minimum absolute atomic E-state index is 0.0745. The fourth-order valence-corrected chi connectivity index (χ4v) is 3.48. The zero-order valence-corrected chi connectivity index (χ0v) is 16.2. The number of carbonyl (C=O) groups excluding carboxylic acids is 1. The Kier molecular flexibility index (Phi) is 5.17. The van der Waals surface area contributed by atoms with E-state index in [1.54, 1.807) is 24.0 Å². The van der Waals surface area contributed by atoms with Crippen LogP contribution in [0.2, 0.25) is 0 Å². The van der Waals surface area contributed by atoms with E-state index in [9.17, 15) is 14.7 Å². The molecule has 0 saturated carbocycles. The number of anilines is 1. The molecule has 7 nitrogen and oxygen atoms in total. The van der Waals surface area contributed by atoms with Crippen LogP contribution in [-0.4, -0.2) is 26.7 Å². The van der Waals surface area contributed by atoms with Crippen molar-refractivity contribution in [2.24, 2.45) is 7.05 Å². The standard InChI is InChI=1S/C23H20N4O3/c1-27-14-24-19-13-17(12-18(21(19)27)22(28)29)25-23(30)26-20(15-8-4-2-5-9-15)16-10-6-3-7-11-16/h2-14,20H,1H3,(H,28,29)(H2,25,26,30). The van der Waals surface area contributed by atoms with E-state index in [2.05, 4.69) is 15.6 Å². The zero-order valence-electron chi connectivity index (χ0n) is 16.2. The number of carboxylic acid groups (broad SMARTS) is 1. The number of carboxylic acids is 1. The van der Waals surface area contributed by atoms with Crippen LogP contribution in [0.5, 0.6) is 0 Å². The Hall–Kier alpha value is -4.13. The number of benzene rings is 3. The van der Waals surface area contributed by atoms with Crippen LogP contribution in [0.4, 0.5) is 10.5 Å². The summed E-state index contributed by atoms with van der Waals surface area (Å²) < 4.78 is 1.64. The normalized spacial score (nSPS) is 10.9. The Morgan fingerprint density at radius 1 is 0.967 bits per heavy atom. The zero-order chi connectivity index (χ0) is 21.1. The lowest BCUT2D eigenvalue weighted by Gasteiger charge is -2.20. The van der Waals surface area contributed by atoms with Crippen LogP contribution in [0.1, 0.15) is 27.5 Å². The minimum Gasteiger partial charge on any atom is -0.478 e. The minimum atomic E-state index is -1.08. The number of nitrogens with one attached hydrogen (secondary N) is 2. The summed E-state index contributed by atoms with van der Waals surface area (Å²) in [5.74, 6) is -1.08. The van der Waals surface area contributed by atoms with Crippen LogP contribution >= 0.6 is 0 Å². The molecular weight excluding hydrogens is 380 g/mol. The second-order valence-electron chi connectivity index (χ2n) is 6.91. The molecule has 0 fully saturated rings. The SMILES string of the molecule is Cn1cnc2cc(NC(=O)NC(c3ccccc3)c3ccccc3)cc(C(=O)O)c21. The van der Waals surface area contributed by atoms with E-state index in [-0.39, 0.29) is 11.6 Å². The summed E-state index contributed by atoms with van der Waals surface area (Å²) in [7, 11) is 1.73. The van der Waals surface area contributed by atoms with Crippen molar-refractivity contribution in [3.63, 3.8) is 0 Å². The van der Waals surface area contributed by atoms with Crippen molar-refractivity contribution in [2.45, 2.75) is 6.04 Å². The number of hydrogen-bond acceptors (Lipinski definition) is 3. The molecule has 1 aromatic heterocycles. The first-order valence-corrected chi connectivity index (χ1v) is 9.38. The molecule has 4 aromatic rings. The number of aromatic carboxylic acids is 1. The summed E-state index contributed by atoms with van der Waals surface area (Å²) in [4.78, 5) is 28.7. The van der Waals surface area contributed by atoms with Gasteiger partial charge in [-0.05, 0) is 23.3 Å². The third-order valence-electron chi connectivity index (χ3n) is 4.84. The van der Waals surface area contributed by atoms with Gasteiger partial charge in [-0.15, -0.1) is 0 Å². The van der Waals surface area contributed by atoms with Crippen LogP contribution in [0.25, 0.3) is 11.0 Å². The molecule has 2 amide bonds. The Morgan fingerprint density at radius 2 is 1.57 bits per heavy atom. The predicted molar refractivity (Wildman–Crippen MR) is 115 cm³/mol. The predicted octanol–water partition coefficient (Wildman–Crippen LogP) is 4.18. The van der Waals surface area contributed by atoms with Crippen molar-refractivity contribution in [3.05, 3.63) is 95.8 Å². The fraction of sp³-hybridized carbons (Fsp3) is 0.0870. The van der Waals surface area contributed by atoms with Crippen molar-refractivity contribution in [1.29, 1.82) is 0 Å². The number of aryl methyl sites for hydroxylation is 1. The lowest BCUT2D eigenvalue weighted by Crippen LogP contribution is -2.33. The molecule has 0 spiro atoms. The molecule has 0 saturated heterocycles. The Morgan fingerprint density at radius 3 is 2.13 bits per heavy atom. The topological polar surface area (TPSA) is 96.3 Å². The van der Waals surface area contributed by atoms with E-state index in [1.165, 1.54) is 6.07 Å². The molecule has 0 unspecified atom stereocenters. The van der Waals surface area contributed by atoms with Crippen molar-refractivity contribution < 1.29 is 14.7 Å². The molecule has 150 valence electrons. The monoisotopic (exact) mass is 400 g/mol. The van der Waals surface area contributed by atoms with Crippen molar-refractivity contribution in [3.8, 4) is 0 Å². The van der Waals surface area contributed by atoms with Gasteiger partial charge in [0.05, 0.1) is 29.0 Å². The molecule has 0 aliphatic rings. The van der Waals surface area contributed by atoms with Crippen molar-refractivity contribution in [1.82, 2.24) is 14.9 Å². The maximum atomic E-state index is 12.8. The van der Waals surface area contributed by atoms with Gasteiger partial charge >= 0.3 is 12.0 Å². The number of urea groups is 1. The number of rotatable bonds is 5. The quantitative estimate of drug-likeness (QED) is 0.468. The van der Waals surface area contributed by atoms with Gasteiger partial charge in [0.1, 0.15) is 0 Å². The highest BCUT2D eigenvalue weighted by Gasteiger charge is 2.19. The summed E-state index contributed by atoms with van der Waals surface area (Å²) in [5, 5.41) is 15.3. The number of carbonyl (C=O) groups is 2. The first-order valence-electron chi connectivity index (χ1n) is 9.38. The molecule has 4 rings (SSSR count). The Bertz CT molecular complexity index is 1160. The summed E-state index contributed by atoms with van der Waals surface area (Å²) in [5.41, 5.74) is 3.30. The Labute approximate surface area is 173 Å². The van der Waals surface area contributed by atoms with Gasteiger partial charge in [-0.1, -0.05) is 60.7 Å². The number of nitrogens with zero attached hydrogens (tertiary/aromatic N) is 2. The van der Waals surface area contributed by atoms with E-state index in [0.717, 1.165) is 11.1 Å². The number of hydrogen-bond donors (Lipinski definition) is 3. The summed E-state index contributed by atoms with van der Waals surface area (Å²) in [6, 6.07) is 21.6. The highest BCUT2D eigenvalue weighted by atomic mass is 16.4. The van der Waals surface area contributed by atoms with Crippen LogP contribution in [0.15, 0.2) is 79.1 Å². The van der Waals surface area contributed by atoms with Gasteiger partial charge in [-0.25, -0.2) is 14.6 Å². The molecule has 7 heteroatoms. The van der Waals surface area contributed by atoms with Gasteiger partial charge in [-0.3, -0.25) is 0 Å². The average Bonchev–Trinajstić information content (AvgIpc) is 3.13. The maximum absolute atomic E-state index is 12.8. The lowest BCUT2D eigenvalue weighted by molar-refractivity contribution is 0.0698. The van der Waals surface area contributed by atoms with Gasteiger partial charge in [0.15, 0.2) is 0 Å². The third kappa shape index (κ3) is 3.86. The number of amides is 2. The highest BCUT2D eigenvalue weighted by Crippen LogP contribution is 2.25. The first-order chi connectivity index (χ1) is 14.5. The van der Waals surface area contributed by atoms with Gasteiger partial charge in [0.2, 0.25) is 0 Å². The molecule has 0 aliphatic carbocycles. The van der Waals surface area contributed by atoms with E-state index >= 15 is 0 Å².